The van der Waals surface area contributed by atoms with Gasteiger partial charge in [-0.3, -0.25) is 0 Å². The van der Waals surface area contributed by atoms with Crippen LogP contribution in [0.25, 0.3) is 22.3 Å². The van der Waals surface area contributed by atoms with Crippen molar-refractivity contribution in [1.82, 2.24) is 0 Å². The standard InChI is InChI=1S/C29H24Cl2N2/c1-18-11-22(20-3-7-26(30)8-4-20)13-24-15-33-17-32(28(18)24)16-25-14-23(12-19(2)29(25)33)21-5-9-27(31)10-6-21/h3-14H,15-17H2,1-2H3. The molecule has 2 aliphatic rings. The van der Waals surface area contributed by atoms with Crippen LogP contribution in [0.1, 0.15) is 22.3 Å². The molecule has 0 saturated heterocycles. The largest absolute Gasteiger partial charge is 0.349 e. The highest BCUT2D eigenvalue weighted by Gasteiger charge is 2.32. The van der Waals surface area contributed by atoms with E-state index in [0.29, 0.717) is 0 Å². The van der Waals surface area contributed by atoms with Crippen LogP contribution in [0, 0.1) is 13.8 Å². The molecule has 4 aromatic carbocycles. The Morgan fingerprint density at radius 3 is 1.33 bits per heavy atom. The van der Waals surface area contributed by atoms with E-state index in [9.17, 15) is 0 Å². The molecule has 4 heteroatoms. The van der Waals surface area contributed by atoms with Gasteiger partial charge in [-0.25, -0.2) is 0 Å². The number of nitrogens with zero attached hydrogens (tertiary/aromatic N) is 2. The first-order chi connectivity index (χ1) is 16.0. The third-order valence-corrected chi connectivity index (χ3v) is 7.31. The van der Waals surface area contributed by atoms with Gasteiger partial charge in [0.1, 0.15) is 0 Å². The highest BCUT2D eigenvalue weighted by atomic mass is 35.5. The number of halogens is 2. The second kappa shape index (κ2) is 7.83. The van der Waals surface area contributed by atoms with Gasteiger partial charge in [-0.1, -0.05) is 47.5 Å². The molecule has 2 aliphatic heterocycles. The van der Waals surface area contributed by atoms with Gasteiger partial charge in [0, 0.05) is 34.5 Å². The smallest absolute Gasteiger partial charge is 0.0910 e. The van der Waals surface area contributed by atoms with E-state index in [4.69, 9.17) is 23.2 Å². The number of hydrogen-bond donors (Lipinski definition) is 0. The maximum Gasteiger partial charge on any atom is 0.0910 e. The second-order valence-electron chi connectivity index (χ2n) is 9.15. The Kier molecular flexibility index (Phi) is 4.90. The van der Waals surface area contributed by atoms with Crippen LogP contribution in [-0.2, 0) is 13.1 Å². The van der Waals surface area contributed by atoms with Crippen LogP contribution >= 0.6 is 23.2 Å². The number of anilines is 2. The maximum atomic E-state index is 6.11. The lowest BCUT2D eigenvalue weighted by atomic mass is 9.91. The molecule has 0 atom stereocenters. The van der Waals surface area contributed by atoms with Gasteiger partial charge < -0.3 is 9.80 Å². The SMILES string of the molecule is Cc1cc(-c2ccc(Cl)cc2)cc2c1N1Cc3cc(-c4ccc(Cl)cc4)cc(C)c3N(C2)C1. The minimum absolute atomic E-state index is 0.769. The van der Waals surface area contributed by atoms with E-state index in [0.717, 1.165) is 29.8 Å². The van der Waals surface area contributed by atoms with Crippen LogP contribution in [0.2, 0.25) is 10.0 Å². The average molecular weight is 471 g/mol. The molecule has 4 aromatic rings. The van der Waals surface area contributed by atoms with Gasteiger partial charge in [-0.15, -0.1) is 0 Å². The molecular formula is C29H24Cl2N2. The van der Waals surface area contributed by atoms with Gasteiger partial charge in [-0.2, -0.15) is 0 Å². The lowest BCUT2D eigenvalue weighted by Crippen LogP contribution is -2.46. The molecule has 0 spiro atoms. The Morgan fingerprint density at radius 1 is 0.545 bits per heavy atom. The van der Waals surface area contributed by atoms with Gasteiger partial charge in [0.15, 0.2) is 0 Å². The van der Waals surface area contributed by atoms with E-state index < -0.39 is 0 Å². The van der Waals surface area contributed by atoms with E-state index in [1.54, 1.807) is 0 Å². The van der Waals surface area contributed by atoms with Crippen LogP contribution in [0.15, 0.2) is 72.8 Å². The van der Waals surface area contributed by atoms with Crippen molar-refractivity contribution >= 4 is 34.6 Å². The predicted molar refractivity (Wildman–Crippen MR) is 140 cm³/mol. The fraction of sp³-hybridized carbons (Fsp3) is 0.172. The van der Waals surface area contributed by atoms with E-state index in [1.807, 2.05) is 24.3 Å². The van der Waals surface area contributed by atoms with Crippen molar-refractivity contribution < 1.29 is 0 Å². The molecule has 33 heavy (non-hydrogen) atoms. The Hall–Kier alpha value is -2.94. The molecule has 0 fully saturated rings. The third kappa shape index (κ3) is 3.58. The van der Waals surface area contributed by atoms with E-state index >= 15 is 0 Å². The summed E-state index contributed by atoms with van der Waals surface area (Å²) >= 11 is 12.2. The van der Waals surface area contributed by atoms with Gasteiger partial charge in [0.05, 0.1) is 6.67 Å². The van der Waals surface area contributed by atoms with Crippen LogP contribution in [0.5, 0.6) is 0 Å². The number of rotatable bonds is 2. The summed E-state index contributed by atoms with van der Waals surface area (Å²) in [5.74, 6) is 0. The normalized spacial score (nSPS) is 14.2. The fourth-order valence-corrected chi connectivity index (χ4v) is 5.74. The van der Waals surface area contributed by atoms with Crippen LogP contribution in [-0.4, -0.2) is 6.67 Å². The zero-order chi connectivity index (χ0) is 22.7. The second-order valence-corrected chi connectivity index (χ2v) is 10.0. The van der Waals surface area contributed by atoms with Crippen molar-refractivity contribution in [3.63, 3.8) is 0 Å². The summed E-state index contributed by atoms with van der Waals surface area (Å²) < 4.78 is 0. The van der Waals surface area contributed by atoms with Crippen LogP contribution < -0.4 is 9.80 Å². The van der Waals surface area contributed by atoms with Gasteiger partial charge in [0.25, 0.3) is 0 Å². The fourth-order valence-electron chi connectivity index (χ4n) is 5.49. The minimum Gasteiger partial charge on any atom is -0.349 e. The molecule has 164 valence electrons. The number of benzene rings is 4. The summed E-state index contributed by atoms with van der Waals surface area (Å²) in [6.07, 6.45) is 0. The molecular weight excluding hydrogens is 447 g/mol. The summed E-state index contributed by atoms with van der Waals surface area (Å²) in [6.45, 7) is 7.24. The molecule has 0 radical (unpaired) electrons. The average Bonchev–Trinajstić information content (AvgIpc) is 2.79. The van der Waals surface area contributed by atoms with Crippen molar-refractivity contribution in [2.24, 2.45) is 0 Å². The molecule has 0 N–H and O–H groups in total. The Morgan fingerprint density at radius 2 is 0.939 bits per heavy atom. The zero-order valence-corrected chi connectivity index (χ0v) is 20.2. The summed E-state index contributed by atoms with van der Waals surface area (Å²) in [7, 11) is 0. The van der Waals surface area contributed by atoms with Crippen molar-refractivity contribution in [2.45, 2.75) is 26.9 Å². The van der Waals surface area contributed by atoms with E-state index in [1.165, 1.54) is 55.9 Å². The first kappa shape index (κ1) is 20.7. The number of hydrogen-bond acceptors (Lipinski definition) is 2. The van der Waals surface area contributed by atoms with Crippen LogP contribution in [0.3, 0.4) is 0 Å². The quantitative estimate of drug-likeness (QED) is 0.291. The molecule has 0 aromatic heterocycles. The predicted octanol–water partition coefficient (Wildman–Crippen LogP) is 8.24. The summed E-state index contributed by atoms with van der Waals surface area (Å²) in [5, 5.41) is 1.54. The van der Waals surface area contributed by atoms with Gasteiger partial charge in [-0.05, 0) is 107 Å². The first-order valence-corrected chi connectivity index (χ1v) is 12.0. The molecule has 2 heterocycles. The molecule has 2 nitrogen and oxygen atoms in total. The van der Waals surface area contributed by atoms with Crippen molar-refractivity contribution in [2.75, 3.05) is 16.5 Å². The Balaban J connectivity index is 1.40. The zero-order valence-electron chi connectivity index (χ0n) is 18.7. The highest BCUT2D eigenvalue weighted by molar-refractivity contribution is 6.30. The maximum absolute atomic E-state index is 6.11. The van der Waals surface area contributed by atoms with Crippen molar-refractivity contribution in [1.29, 1.82) is 0 Å². The highest BCUT2D eigenvalue weighted by Crippen LogP contribution is 2.44. The summed E-state index contributed by atoms with van der Waals surface area (Å²) in [6, 6.07) is 25.6. The Bertz CT molecular complexity index is 1270. The van der Waals surface area contributed by atoms with Crippen molar-refractivity contribution in [3.05, 3.63) is 105 Å². The molecule has 0 amide bonds. The molecule has 0 unspecified atom stereocenters. The molecule has 2 bridgehead atoms. The van der Waals surface area contributed by atoms with Crippen molar-refractivity contribution in [3.8, 4) is 22.3 Å². The lowest BCUT2D eigenvalue weighted by Gasteiger charge is -2.46. The summed E-state index contributed by atoms with van der Waals surface area (Å²) in [4.78, 5) is 5.04. The number of aryl methyl sites for hydroxylation is 2. The third-order valence-electron chi connectivity index (χ3n) is 6.81. The molecule has 0 saturated carbocycles. The first-order valence-electron chi connectivity index (χ1n) is 11.2. The molecule has 6 rings (SSSR count). The summed E-state index contributed by atoms with van der Waals surface area (Å²) in [5.41, 5.74) is 13.1. The minimum atomic E-state index is 0.769. The van der Waals surface area contributed by atoms with Crippen LogP contribution in [0.4, 0.5) is 11.4 Å². The van der Waals surface area contributed by atoms with Gasteiger partial charge >= 0.3 is 0 Å². The Labute approximate surface area is 205 Å². The van der Waals surface area contributed by atoms with Gasteiger partial charge in [0.2, 0.25) is 0 Å². The number of fused-ring (bicyclic) bond motifs is 6. The monoisotopic (exact) mass is 470 g/mol. The topological polar surface area (TPSA) is 6.48 Å². The van der Waals surface area contributed by atoms with E-state index in [2.05, 4.69) is 72.2 Å². The lowest BCUT2D eigenvalue weighted by molar-refractivity contribution is 0.647. The molecule has 0 aliphatic carbocycles. The van der Waals surface area contributed by atoms with E-state index in [-0.39, 0.29) is 0 Å².